The van der Waals surface area contributed by atoms with Crippen LogP contribution >= 0.6 is 0 Å². The first-order valence-corrected chi connectivity index (χ1v) is 6.42. The van der Waals surface area contributed by atoms with Gasteiger partial charge < -0.3 is 24.7 Å². The van der Waals surface area contributed by atoms with Crippen LogP contribution in [0.2, 0.25) is 0 Å². The van der Waals surface area contributed by atoms with Crippen molar-refractivity contribution >= 4 is 11.7 Å². The molecule has 6 heteroatoms. The standard InChI is InChI=1S/C14H21NO5/c1-4-19-14(17-3,20-5-2)10-18-13(16)11-6-8-12(15)9-7-11/h6-9H,4-5,10,15H2,1-3H3. The Morgan fingerprint density at radius 3 is 2.15 bits per heavy atom. The molecular weight excluding hydrogens is 262 g/mol. The van der Waals surface area contributed by atoms with E-state index in [9.17, 15) is 4.79 Å². The molecule has 0 aliphatic rings. The molecule has 0 fully saturated rings. The third-order valence-corrected chi connectivity index (χ3v) is 2.57. The lowest BCUT2D eigenvalue weighted by Gasteiger charge is -2.30. The predicted octanol–water partition coefficient (Wildman–Crippen LogP) is 1.80. The van der Waals surface area contributed by atoms with Gasteiger partial charge in [-0.15, -0.1) is 0 Å². The van der Waals surface area contributed by atoms with Gasteiger partial charge in [0.25, 0.3) is 0 Å². The van der Waals surface area contributed by atoms with Gasteiger partial charge in [0.05, 0.1) is 5.56 Å². The van der Waals surface area contributed by atoms with Gasteiger partial charge in [0, 0.05) is 26.0 Å². The summed E-state index contributed by atoms with van der Waals surface area (Å²) in [5.41, 5.74) is 6.54. The number of rotatable bonds is 8. The summed E-state index contributed by atoms with van der Waals surface area (Å²) in [4.78, 5) is 11.9. The van der Waals surface area contributed by atoms with E-state index in [-0.39, 0.29) is 6.61 Å². The summed E-state index contributed by atoms with van der Waals surface area (Å²) in [6, 6.07) is 6.44. The van der Waals surface area contributed by atoms with Crippen LogP contribution in [0.25, 0.3) is 0 Å². The van der Waals surface area contributed by atoms with E-state index in [0.29, 0.717) is 24.5 Å². The van der Waals surface area contributed by atoms with E-state index in [0.717, 1.165) is 0 Å². The van der Waals surface area contributed by atoms with Crippen molar-refractivity contribution in [3.05, 3.63) is 29.8 Å². The molecule has 0 aliphatic heterocycles. The zero-order chi connectivity index (χ0) is 15.0. The first-order valence-electron chi connectivity index (χ1n) is 6.42. The van der Waals surface area contributed by atoms with Gasteiger partial charge in [-0.3, -0.25) is 0 Å². The Hall–Kier alpha value is -1.63. The Balaban J connectivity index is 2.66. The predicted molar refractivity (Wildman–Crippen MR) is 74.1 cm³/mol. The van der Waals surface area contributed by atoms with Crippen LogP contribution in [0.5, 0.6) is 0 Å². The fourth-order valence-electron chi connectivity index (χ4n) is 1.60. The van der Waals surface area contributed by atoms with E-state index in [1.165, 1.54) is 7.11 Å². The fraction of sp³-hybridized carbons (Fsp3) is 0.500. The Bertz CT molecular complexity index is 412. The minimum atomic E-state index is -1.37. The molecule has 112 valence electrons. The van der Waals surface area contributed by atoms with Gasteiger partial charge in [0.15, 0.2) is 6.61 Å². The Morgan fingerprint density at radius 1 is 1.15 bits per heavy atom. The second-order valence-corrected chi connectivity index (χ2v) is 3.95. The average molecular weight is 283 g/mol. The highest BCUT2D eigenvalue weighted by molar-refractivity contribution is 5.89. The maximum atomic E-state index is 11.9. The van der Waals surface area contributed by atoms with E-state index in [1.807, 2.05) is 0 Å². The highest BCUT2D eigenvalue weighted by Crippen LogP contribution is 2.16. The number of carbonyl (C=O) groups excluding carboxylic acids is 1. The van der Waals surface area contributed by atoms with Crippen molar-refractivity contribution in [1.29, 1.82) is 0 Å². The number of hydrogen-bond donors (Lipinski definition) is 1. The molecule has 1 aromatic carbocycles. The van der Waals surface area contributed by atoms with Gasteiger partial charge in [0.1, 0.15) is 0 Å². The topological polar surface area (TPSA) is 80.0 Å². The minimum Gasteiger partial charge on any atom is -0.453 e. The van der Waals surface area contributed by atoms with Crippen LogP contribution in [0.4, 0.5) is 5.69 Å². The van der Waals surface area contributed by atoms with E-state index in [4.69, 9.17) is 24.7 Å². The highest BCUT2D eigenvalue weighted by Gasteiger charge is 2.33. The van der Waals surface area contributed by atoms with Crippen molar-refractivity contribution in [3.63, 3.8) is 0 Å². The van der Waals surface area contributed by atoms with Gasteiger partial charge in [-0.05, 0) is 38.1 Å². The number of hydrogen-bond acceptors (Lipinski definition) is 6. The highest BCUT2D eigenvalue weighted by atomic mass is 16.9. The second kappa shape index (κ2) is 7.84. The largest absolute Gasteiger partial charge is 0.453 e. The van der Waals surface area contributed by atoms with Crippen LogP contribution in [0, 0.1) is 0 Å². The fourth-order valence-corrected chi connectivity index (χ4v) is 1.60. The molecule has 20 heavy (non-hydrogen) atoms. The molecule has 0 aliphatic carbocycles. The molecule has 0 saturated heterocycles. The van der Waals surface area contributed by atoms with E-state index in [2.05, 4.69) is 0 Å². The summed E-state index contributed by atoms with van der Waals surface area (Å²) >= 11 is 0. The van der Waals surface area contributed by atoms with Crippen molar-refractivity contribution in [2.45, 2.75) is 19.8 Å². The van der Waals surface area contributed by atoms with Gasteiger partial charge in [0.2, 0.25) is 0 Å². The smallest absolute Gasteiger partial charge is 0.338 e. The molecule has 6 nitrogen and oxygen atoms in total. The summed E-state index contributed by atoms with van der Waals surface area (Å²) in [7, 11) is 1.43. The average Bonchev–Trinajstić information content (AvgIpc) is 2.45. The van der Waals surface area contributed by atoms with Gasteiger partial charge in [-0.1, -0.05) is 0 Å². The zero-order valence-corrected chi connectivity index (χ0v) is 12.0. The normalized spacial score (nSPS) is 11.3. The second-order valence-electron chi connectivity index (χ2n) is 3.95. The molecule has 0 aromatic heterocycles. The number of anilines is 1. The number of carbonyl (C=O) groups is 1. The number of methoxy groups -OCH3 is 1. The first kappa shape index (κ1) is 16.4. The zero-order valence-electron chi connectivity index (χ0n) is 12.0. The summed E-state index contributed by atoms with van der Waals surface area (Å²) in [5.74, 6) is -1.86. The van der Waals surface area contributed by atoms with Crippen LogP contribution in [0.1, 0.15) is 24.2 Å². The Kier molecular flexibility index (Phi) is 6.44. The molecule has 0 heterocycles. The van der Waals surface area contributed by atoms with Gasteiger partial charge >= 0.3 is 11.9 Å². The summed E-state index contributed by atoms with van der Waals surface area (Å²) in [6.45, 7) is 4.18. The molecular formula is C14H21NO5. The number of nitrogens with two attached hydrogens (primary N) is 1. The Labute approximate surface area is 118 Å². The van der Waals surface area contributed by atoms with Crippen molar-refractivity contribution in [1.82, 2.24) is 0 Å². The van der Waals surface area contributed by atoms with Crippen molar-refractivity contribution in [3.8, 4) is 0 Å². The van der Waals surface area contributed by atoms with Crippen molar-refractivity contribution in [2.75, 3.05) is 32.7 Å². The lowest BCUT2D eigenvalue weighted by Crippen LogP contribution is -2.43. The molecule has 0 spiro atoms. The molecule has 0 radical (unpaired) electrons. The van der Waals surface area contributed by atoms with Crippen LogP contribution in [-0.4, -0.2) is 38.9 Å². The molecule has 0 saturated carbocycles. The first-order chi connectivity index (χ1) is 9.56. The molecule has 0 amide bonds. The molecule has 0 unspecified atom stereocenters. The summed E-state index contributed by atoms with van der Waals surface area (Å²) in [6.07, 6.45) is 0. The minimum absolute atomic E-state index is 0.158. The SMILES string of the molecule is CCOC(COC(=O)c1ccc(N)cc1)(OC)OCC. The van der Waals surface area contributed by atoms with Gasteiger partial charge in [-0.2, -0.15) is 0 Å². The van der Waals surface area contributed by atoms with Crippen LogP contribution < -0.4 is 5.73 Å². The molecule has 1 aromatic rings. The van der Waals surface area contributed by atoms with Crippen LogP contribution in [0.15, 0.2) is 24.3 Å². The third-order valence-electron chi connectivity index (χ3n) is 2.57. The Morgan fingerprint density at radius 2 is 1.70 bits per heavy atom. The maximum absolute atomic E-state index is 11.9. The van der Waals surface area contributed by atoms with E-state index in [1.54, 1.807) is 38.1 Å². The van der Waals surface area contributed by atoms with Crippen molar-refractivity contribution < 1.29 is 23.7 Å². The lowest BCUT2D eigenvalue weighted by atomic mass is 10.2. The molecule has 0 bridgehead atoms. The van der Waals surface area contributed by atoms with E-state index < -0.39 is 11.9 Å². The van der Waals surface area contributed by atoms with Crippen LogP contribution in [0.3, 0.4) is 0 Å². The number of benzene rings is 1. The van der Waals surface area contributed by atoms with Crippen molar-refractivity contribution in [2.24, 2.45) is 0 Å². The summed E-state index contributed by atoms with van der Waals surface area (Å²) < 4.78 is 21.1. The third kappa shape index (κ3) is 4.48. The molecule has 2 N–H and O–H groups in total. The molecule has 1 rings (SSSR count). The maximum Gasteiger partial charge on any atom is 0.338 e. The number of ether oxygens (including phenoxy) is 4. The quantitative estimate of drug-likeness (QED) is 0.445. The van der Waals surface area contributed by atoms with Gasteiger partial charge in [-0.25, -0.2) is 4.79 Å². The lowest BCUT2D eigenvalue weighted by molar-refractivity contribution is -0.379. The van der Waals surface area contributed by atoms with E-state index >= 15 is 0 Å². The molecule has 0 atom stereocenters. The summed E-state index contributed by atoms with van der Waals surface area (Å²) in [5, 5.41) is 0. The monoisotopic (exact) mass is 283 g/mol. The number of esters is 1. The van der Waals surface area contributed by atoms with Crippen LogP contribution in [-0.2, 0) is 18.9 Å². The number of nitrogen functional groups attached to an aromatic ring is 1.